The molecule has 112 valence electrons. The fourth-order valence-corrected chi connectivity index (χ4v) is 4.20. The minimum Gasteiger partial charge on any atom is -0.357 e. The van der Waals surface area contributed by atoms with E-state index in [1.807, 2.05) is 0 Å². The summed E-state index contributed by atoms with van der Waals surface area (Å²) in [6.07, 6.45) is 15.6. The van der Waals surface area contributed by atoms with Crippen LogP contribution in [0.2, 0.25) is 0 Å². The molecule has 1 heteroatoms. The maximum atomic E-state index is 2.61. The molecule has 4 atom stereocenters. The molecule has 22 heavy (non-hydrogen) atoms. The molecule has 0 aromatic heterocycles. The lowest BCUT2D eigenvalue weighted by Crippen LogP contribution is -2.36. The minimum absolute atomic E-state index is 0.471. The van der Waals surface area contributed by atoms with Crippen molar-refractivity contribution < 1.29 is 0 Å². The van der Waals surface area contributed by atoms with Crippen molar-refractivity contribution in [1.29, 1.82) is 0 Å². The predicted octanol–water partition coefficient (Wildman–Crippen LogP) is 4.90. The van der Waals surface area contributed by atoms with E-state index in [-0.39, 0.29) is 0 Å². The summed E-state index contributed by atoms with van der Waals surface area (Å²) >= 11 is 0. The maximum absolute atomic E-state index is 2.61. The van der Waals surface area contributed by atoms with E-state index in [4.69, 9.17) is 0 Å². The summed E-state index contributed by atoms with van der Waals surface area (Å²) in [6, 6.07) is 11.8. The predicted molar refractivity (Wildman–Crippen MR) is 93.9 cm³/mol. The summed E-state index contributed by atoms with van der Waals surface area (Å²) in [6.45, 7) is 4.47. The average Bonchev–Trinajstić information content (AvgIpc) is 2.88. The van der Waals surface area contributed by atoms with Crippen LogP contribution in [0.25, 0.3) is 0 Å². The molecule has 0 radical (unpaired) electrons. The largest absolute Gasteiger partial charge is 0.357 e. The Balaban J connectivity index is 1.79. The molecule has 1 nitrogen and oxygen atoms in total. The van der Waals surface area contributed by atoms with E-state index in [9.17, 15) is 0 Å². The molecule has 1 saturated heterocycles. The fraction of sp³-hybridized carbons (Fsp3) is 0.333. The zero-order valence-electron chi connectivity index (χ0n) is 13.3. The number of nitrogens with zero attached hydrogens (tertiary/aromatic N) is 1. The Morgan fingerprint density at radius 2 is 1.59 bits per heavy atom. The molecule has 2 aliphatic carbocycles. The third kappa shape index (κ3) is 2.08. The second kappa shape index (κ2) is 5.31. The lowest BCUT2D eigenvalue weighted by Gasteiger charge is -2.32. The van der Waals surface area contributed by atoms with Crippen molar-refractivity contribution in [1.82, 2.24) is 0 Å². The molecular formula is C21H23N. The first-order valence-corrected chi connectivity index (χ1v) is 8.37. The van der Waals surface area contributed by atoms with Crippen LogP contribution < -0.4 is 4.90 Å². The third-order valence-electron chi connectivity index (χ3n) is 5.26. The lowest BCUT2D eigenvalue weighted by atomic mass is 9.80. The van der Waals surface area contributed by atoms with Crippen molar-refractivity contribution in [3.8, 4) is 0 Å². The van der Waals surface area contributed by atoms with Gasteiger partial charge in [-0.15, -0.1) is 0 Å². The van der Waals surface area contributed by atoms with Crippen molar-refractivity contribution >= 4 is 5.69 Å². The van der Waals surface area contributed by atoms with E-state index in [0.29, 0.717) is 23.9 Å². The highest BCUT2D eigenvalue weighted by atomic mass is 15.2. The van der Waals surface area contributed by atoms with Crippen LogP contribution in [0.3, 0.4) is 0 Å². The van der Waals surface area contributed by atoms with E-state index >= 15 is 0 Å². The molecule has 4 rings (SSSR count). The van der Waals surface area contributed by atoms with Gasteiger partial charge in [0.05, 0.1) is 12.1 Å². The number of rotatable bonds is 2. The van der Waals surface area contributed by atoms with Gasteiger partial charge in [-0.25, -0.2) is 0 Å². The number of fused-ring (bicyclic) bond motifs is 3. The molecule has 0 amide bonds. The summed E-state index contributed by atoms with van der Waals surface area (Å²) < 4.78 is 0. The van der Waals surface area contributed by atoms with Crippen molar-refractivity contribution in [3.63, 3.8) is 0 Å². The molecule has 1 aromatic carbocycles. The van der Waals surface area contributed by atoms with E-state index < -0.39 is 0 Å². The number of hydrogen-bond donors (Lipinski definition) is 0. The number of benzene rings is 1. The SMILES string of the molecule is CCC1=CC2C3C=C(C)C=CC3N(c3ccccc3)C2C=C1. The summed E-state index contributed by atoms with van der Waals surface area (Å²) in [4.78, 5) is 2.61. The van der Waals surface area contributed by atoms with Crippen LogP contribution in [0.1, 0.15) is 20.3 Å². The van der Waals surface area contributed by atoms with E-state index in [1.54, 1.807) is 0 Å². The molecule has 1 aliphatic heterocycles. The average molecular weight is 289 g/mol. The zero-order chi connectivity index (χ0) is 15.1. The van der Waals surface area contributed by atoms with Crippen molar-refractivity contribution in [2.45, 2.75) is 32.4 Å². The van der Waals surface area contributed by atoms with Gasteiger partial charge in [0, 0.05) is 17.5 Å². The van der Waals surface area contributed by atoms with Crippen molar-refractivity contribution in [3.05, 3.63) is 77.9 Å². The standard InChI is InChI=1S/C21H23N/c1-3-16-10-12-21-19(14-16)18-13-15(2)9-11-20(18)22(21)17-7-5-4-6-8-17/h4-14,18-21H,3H2,1-2H3. The Labute approximate surface area is 133 Å². The van der Waals surface area contributed by atoms with Gasteiger partial charge in [-0.2, -0.15) is 0 Å². The number of para-hydroxylation sites is 1. The summed E-state index contributed by atoms with van der Waals surface area (Å²) in [5, 5.41) is 0. The first kappa shape index (κ1) is 13.6. The van der Waals surface area contributed by atoms with E-state index in [1.165, 1.54) is 16.8 Å². The van der Waals surface area contributed by atoms with Crippen LogP contribution in [0.5, 0.6) is 0 Å². The van der Waals surface area contributed by atoms with Gasteiger partial charge < -0.3 is 4.90 Å². The number of anilines is 1. The van der Waals surface area contributed by atoms with Gasteiger partial charge in [-0.3, -0.25) is 0 Å². The molecule has 0 saturated carbocycles. The highest BCUT2D eigenvalue weighted by Gasteiger charge is 2.46. The molecule has 1 fully saturated rings. The third-order valence-corrected chi connectivity index (χ3v) is 5.26. The Morgan fingerprint density at radius 1 is 0.909 bits per heavy atom. The van der Waals surface area contributed by atoms with Crippen molar-refractivity contribution in [2.75, 3.05) is 4.90 Å². The molecule has 1 heterocycles. The van der Waals surface area contributed by atoms with Gasteiger partial charge in [0.1, 0.15) is 0 Å². The molecule has 0 spiro atoms. The van der Waals surface area contributed by atoms with Crippen LogP contribution in [0.4, 0.5) is 5.69 Å². The molecule has 3 aliphatic rings. The van der Waals surface area contributed by atoms with Gasteiger partial charge in [-0.1, -0.05) is 72.7 Å². The quantitative estimate of drug-likeness (QED) is 0.748. The van der Waals surface area contributed by atoms with Crippen LogP contribution in [0, 0.1) is 11.8 Å². The van der Waals surface area contributed by atoms with Crippen LogP contribution in [-0.4, -0.2) is 12.1 Å². The molecule has 4 unspecified atom stereocenters. The second-order valence-electron chi connectivity index (χ2n) is 6.60. The van der Waals surface area contributed by atoms with Crippen molar-refractivity contribution in [2.24, 2.45) is 11.8 Å². The number of allylic oxidation sites excluding steroid dienone is 4. The van der Waals surface area contributed by atoms with E-state index in [2.05, 4.69) is 85.5 Å². The summed E-state index contributed by atoms with van der Waals surface area (Å²) in [5.74, 6) is 1.17. The zero-order valence-corrected chi connectivity index (χ0v) is 13.3. The van der Waals surface area contributed by atoms with Gasteiger partial charge >= 0.3 is 0 Å². The minimum atomic E-state index is 0.471. The Bertz CT molecular complexity index is 677. The monoisotopic (exact) mass is 289 g/mol. The summed E-state index contributed by atoms with van der Waals surface area (Å²) in [7, 11) is 0. The van der Waals surface area contributed by atoms with Gasteiger partial charge in [0.2, 0.25) is 0 Å². The fourth-order valence-electron chi connectivity index (χ4n) is 4.20. The molecule has 0 bridgehead atoms. The Hall–Kier alpha value is -2.02. The first-order chi connectivity index (χ1) is 10.8. The first-order valence-electron chi connectivity index (χ1n) is 8.37. The van der Waals surface area contributed by atoms with E-state index in [0.717, 1.165) is 6.42 Å². The molecular weight excluding hydrogens is 266 g/mol. The van der Waals surface area contributed by atoms with Crippen LogP contribution in [0.15, 0.2) is 77.9 Å². The van der Waals surface area contributed by atoms with Gasteiger partial charge in [0.25, 0.3) is 0 Å². The number of hydrogen-bond acceptors (Lipinski definition) is 1. The smallest absolute Gasteiger partial charge is 0.0552 e. The van der Waals surface area contributed by atoms with Crippen LogP contribution >= 0.6 is 0 Å². The highest BCUT2D eigenvalue weighted by molar-refractivity contribution is 5.57. The summed E-state index contributed by atoms with van der Waals surface area (Å²) in [5.41, 5.74) is 4.21. The maximum Gasteiger partial charge on any atom is 0.0552 e. The topological polar surface area (TPSA) is 3.24 Å². The normalized spacial score (nSPS) is 32.4. The highest BCUT2D eigenvalue weighted by Crippen LogP contribution is 2.45. The Morgan fingerprint density at radius 3 is 2.32 bits per heavy atom. The van der Waals surface area contributed by atoms with Crippen LogP contribution in [-0.2, 0) is 0 Å². The molecule has 1 aromatic rings. The second-order valence-corrected chi connectivity index (χ2v) is 6.60. The lowest BCUT2D eigenvalue weighted by molar-refractivity contribution is 0.520. The Kier molecular flexibility index (Phi) is 3.29. The van der Waals surface area contributed by atoms with Gasteiger partial charge in [-0.05, 0) is 25.5 Å². The molecule has 0 N–H and O–H groups in total. The van der Waals surface area contributed by atoms with Gasteiger partial charge in [0.15, 0.2) is 0 Å².